The molecule has 0 aliphatic heterocycles. The van der Waals surface area contributed by atoms with Gasteiger partial charge in [-0.2, -0.15) is 0 Å². The summed E-state index contributed by atoms with van der Waals surface area (Å²) >= 11 is 0. The van der Waals surface area contributed by atoms with Crippen LogP contribution in [-0.4, -0.2) is 29.6 Å². The Morgan fingerprint density at radius 3 is 1.53 bits per heavy atom. The van der Waals surface area contributed by atoms with Gasteiger partial charge in [0.1, 0.15) is 0 Å². The molecule has 2 heterocycles. The first-order chi connectivity index (χ1) is 16.4. The van der Waals surface area contributed by atoms with Crippen LogP contribution in [0.1, 0.15) is 72.6 Å². The highest BCUT2D eigenvalue weighted by molar-refractivity contribution is 5.63. The molecule has 6 nitrogen and oxygen atoms in total. The average molecular weight is 461 g/mol. The van der Waals surface area contributed by atoms with Gasteiger partial charge in [0, 0.05) is 58.0 Å². The quantitative estimate of drug-likeness (QED) is 0.381. The Bertz CT molecular complexity index is 1180. The zero-order chi connectivity index (χ0) is 23.8. The van der Waals surface area contributed by atoms with Crippen LogP contribution in [0.25, 0.3) is 0 Å². The summed E-state index contributed by atoms with van der Waals surface area (Å²) in [5, 5.41) is 44.5. The van der Waals surface area contributed by atoms with E-state index in [1.165, 1.54) is 9.13 Å². The molecule has 6 rings (SSSR count). The van der Waals surface area contributed by atoms with E-state index in [1.54, 1.807) is 0 Å². The second-order valence-corrected chi connectivity index (χ2v) is 10.5. The molecule has 4 N–H and O–H groups in total. The molecular weight excluding hydrogens is 428 g/mol. The molecule has 4 aliphatic carbocycles. The van der Waals surface area contributed by atoms with Crippen molar-refractivity contribution in [1.29, 1.82) is 0 Å². The lowest BCUT2D eigenvalue weighted by Gasteiger charge is -2.25. The van der Waals surface area contributed by atoms with Gasteiger partial charge in [-0.05, 0) is 38.5 Å². The molecule has 0 saturated heterocycles. The fraction of sp³-hybridized carbons (Fsp3) is 0.429. The molecule has 0 aromatic carbocycles. The lowest BCUT2D eigenvalue weighted by atomic mass is 9.79. The van der Waals surface area contributed by atoms with Crippen molar-refractivity contribution in [2.24, 2.45) is 0 Å². The highest BCUT2D eigenvalue weighted by Crippen LogP contribution is 2.63. The van der Waals surface area contributed by atoms with Gasteiger partial charge in [-0.15, -0.1) is 13.2 Å². The zero-order valence-electron chi connectivity index (χ0n) is 19.4. The minimum absolute atomic E-state index is 0.0881. The maximum atomic E-state index is 11.2. The number of aromatic nitrogens is 2. The third-order valence-electron chi connectivity index (χ3n) is 8.83. The monoisotopic (exact) mass is 460 g/mol. The van der Waals surface area contributed by atoms with E-state index in [0.29, 0.717) is 0 Å². The van der Waals surface area contributed by atoms with Crippen LogP contribution in [-0.2, 0) is 23.9 Å². The number of fused-ring (bicyclic) bond motifs is 10. The van der Waals surface area contributed by atoms with Crippen LogP contribution in [0, 0.1) is 0 Å². The van der Waals surface area contributed by atoms with E-state index >= 15 is 0 Å². The third kappa shape index (κ3) is 2.51. The van der Waals surface area contributed by atoms with E-state index in [-0.39, 0.29) is 59.3 Å². The second kappa shape index (κ2) is 7.11. The molecule has 6 heteroatoms. The fourth-order valence-electron chi connectivity index (χ4n) is 7.30. The van der Waals surface area contributed by atoms with Crippen molar-refractivity contribution in [1.82, 2.24) is 9.13 Å². The molecule has 178 valence electrons. The van der Waals surface area contributed by atoms with Gasteiger partial charge < -0.3 is 20.4 Å². The minimum atomic E-state index is -0.262. The van der Waals surface area contributed by atoms with E-state index in [9.17, 15) is 20.4 Å². The summed E-state index contributed by atoms with van der Waals surface area (Å²) in [4.78, 5) is 0. The van der Waals surface area contributed by atoms with Gasteiger partial charge in [0.05, 0.1) is 0 Å². The van der Waals surface area contributed by atoms with Crippen LogP contribution in [0.4, 0.5) is 0 Å². The maximum Gasteiger partial charge on any atom is 0.198 e. The molecule has 2 aromatic heterocycles. The number of aromatic hydroxyl groups is 4. The highest BCUT2D eigenvalue weighted by Gasteiger charge is 2.52. The molecule has 4 aliphatic rings. The summed E-state index contributed by atoms with van der Waals surface area (Å²) in [5.41, 5.74) is 2.77. The van der Waals surface area contributed by atoms with Gasteiger partial charge in [-0.3, -0.25) is 9.13 Å². The molecule has 0 fully saturated rings. The highest BCUT2D eigenvalue weighted by atomic mass is 16.3. The van der Waals surface area contributed by atoms with E-state index in [1.807, 2.05) is 12.2 Å². The first-order valence-electron chi connectivity index (χ1n) is 12.3. The number of hydrogen-bond acceptors (Lipinski definition) is 4. The molecule has 34 heavy (non-hydrogen) atoms. The third-order valence-corrected chi connectivity index (χ3v) is 8.83. The van der Waals surface area contributed by atoms with Crippen molar-refractivity contribution in [2.75, 3.05) is 0 Å². The maximum absolute atomic E-state index is 11.2. The van der Waals surface area contributed by atoms with Crippen molar-refractivity contribution in [2.45, 2.75) is 74.3 Å². The average Bonchev–Trinajstić information content (AvgIpc) is 3.64. The van der Waals surface area contributed by atoms with Gasteiger partial charge in [0.25, 0.3) is 0 Å². The molecule has 4 atom stereocenters. The van der Waals surface area contributed by atoms with Crippen molar-refractivity contribution < 1.29 is 20.4 Å². The van der Waals surface area contributed by atoms with Crippen LogP contribution in [0.3, 0.4) is 0 Å². The Balaban J connectivity index is 1.32. The Labute approximate surface area is 199 Å². The number of hydrogen-bond donors (Lipinski definition) is 4. The molecule has 0 amide bonds. The second-order valence-electron chi connectivity index (χ2n) is 10.5. The molecule has 0 saturated carbocycles. The predicted molar refractivity (Wildman–Crippen MR) is 131 cm³/mol. The van der Waals surface area contributed by atoms with Crippen LogP contribution >= 0.6 is 0 Å². The zero-order valence-corrected chi connectivity index (χ0v) is 19.4. The Morgan fingerprint density at radius 2 is 1.15 bits per heavy atom. The minimum Gasteiger partial charge on any atom is -0.494 e. The number of nitrogens with zero attached hydrogens (tertiary/aromatic N) is 2. The largest absolute Gasteiger partial charge is 0.494 e. The van der Waals surface area contributed by atoms with E-state index in [4.69, 9.17) is 0 Å². The summed E-state index contributed by atoms with van der Waals surface area (Å²) in [5.74, 6) is 0.569. The molecular formula is C28H32N2O4. The number of rotatable bonds is 9. The molecule has 4 unspecified atom stereocenters. The van der Waals surface area contributed by atoms with E-state index in [0.717, 1.165) is 60.8 Å². The van der Waals surface area contributed by atoms with Crippen LogP contribution in [0.15, 0.2) is 49.6 Å². The Kier molecular flexibility index (Phi) is 4.45. The molecule has 0 radical (unpaired) electrons. The van der Waals surface area contributed by atoms with Crippen molar-refractivity contribution in [3.63, 3.8) is 0 Å². The van der Waals surface area contributed by atoms with Gasteiger partial charge in [-0.1, -0.05) is 36.5 Å². The summed E-state index contributed by atoms with van der Waals surface area (Å²) in [6.45, 7) is 8.15. The van der Waals surface area contributed by atoms with Crippen LogP contribution in [0.2, 0.25) is 0 Å². The fourth-order valence-corrected chi connectivity index (χ4v) is 7.30. The van der Waals surface area contributed by atoms with Crippen LogP contribution in [0.5, 0.6) is 23.5 Å². The van der Waals surface area contributed by atoms with Crippen molar-refractivity contribution in [3.8, 4) is 23.5 Å². The van der Waals surface area contributed by atoms with E-state index < -0.39 is 0 Å². The predicted octanol–water partition coefficient (Wildman–Crippen LogP) is 5.33. The van der Waals surface area contributed by atoms with Gasteiger partial charge >= 0.3 is 0 Å². The molecule has 2 aromatic rings. The Morgan fingerprint density at radius 1 is 0.735 bits per heavy atom. The van der Waals surface area contributed by atoms with Crippen LogP contribution < -0.4 is 0 Å². The van der Waals surface area contributed by atoms with Gasteiger partial charge in [0.2, 0.25) is 0 Å². The first kappa shape index (κ1) is 21.3. The molecule has 4 bridgehead atoms. The number of allylic oxidation sites excluding steroid dienone is 6. The van der Waals surface area contributed by atoms with Crippen molar-refractivity contribution in [3.05, 3.63) is 71.9 Å². The SMILES string of the molecule is C=CCCC12C=CC(C1)c1c2c(O)n(CCn2c(O)c3c(c2O)C2(CCC=C)C=CC3C2)c1O. The molecule has 0 spiro atoms. The summed E-state index contributed by atoms with van der Waals surface area (Å²) in [7, 11) is 0. The summed E-state index contributed by atoms with van der Waals surface area (Å²) < 4.78 is 3.05. The van der Waals surface area contributed by atoms with Crippen molar-refractivity contribution >= 4 is 0 Å². The lowest BCUT2D eigenvalue weighted by Crippen LogP contribution is -2.19. The van der Waals surface area contributed by atoms with Gasteiger partial charge in [0.15, 0.2) is 23.5 Å². The normalized spacial score (nSPS) is 29.2. The summed E-state index contributed by atoms with van der Waals surface area (Å²) in [6, 6.07) is 0. The lowest BCUT2D eigenvalue weighted by molar-refractivity contribution is 0.319. The first-order valence-corrected chi connectivity index (χ1v) is 12.3. The van der Waals surface area contributed by atoms with E-state index in [2.05, 4.69) is 37.5 Å². The summed E-state index contributed by atoms with van der Waals surface area (Å²) in [6.07, 6.45) is 17.5. The van der Waals surface area contributed by atoms with Gasteiger partial charge in [-0.25, -0.2) is 0 Å². The standard InChI is InChI=1S/C28H32N2O4/c1-3-5-9-27-11-7-17(15-27)19-21(27)25(33)29(23(19)31)13-14-30-24(32)20-18-8-12-28(16-18,10-6-4-2)22(20)26(30)34/h3-4,7-8,11-12,17-18,31-34H,1-2,5-6,9-10,13-16H2. The smallest absolute Gasteiger partial charge is 0.198 e. The Hall–Kier alpha value is -3.28. The topological polar surface area (TPSA) is 90.8 Å².